The summed E-state index contributed by atoms with van der Waals surface area (Å²) in [5, 5.41) is 0. The average molecular weight is 348 g/mol. The normalized spacial score (nSPS) is 17.5. The lowest BCUT2D eigenvalue weighted by Crippen LogP contribution is -2.44. The molecule has 2 heterocycles. The predicted molar refractivity (Wildman–Crippen MR) is 94.6 cm³/mol. The van der Waals surface area contributed by atoms with E-state index in [1.54, 1.807) is 18.4 Å². The van der Waals surface area contributed by atoms with E-state index in [1.165, 1.54) is 4.31 Å². The number of nitrogens with zero attached hydrogens (tertiary/aromatic N) is 4. The molecule has 7 heteroatoms. The Labute approximate surface area is 143 Å². The Kier molecular flexibility index (Phi) is 5.03. The number of rotatable bonds is 5. The first-order chi connectivity index (χ1) is 11.5. The maximum absolute atomic E-state index is 12.2. The van der Waals surface area contributed by atoms with Crippen LogP contribution in [0.4, 0.5) is 0 Å². The molecule has 3 rings (SSSR count). The Morgan fingerprint density at radius 3 is 2.46 bits per heavy atom. The highest BCUT2D eigenvalue weighted by Gasteiger charge is 2.29. The third-order valence-electron chi connectivity index (χ3n) is 4.56. The van der Waals surface area contributed by atoms with Crippen LogP contribution in [0.5, 0.6) is 0 Å². The van der Waals surface area contributed by atoms with E-state index in [-0.39, 0.29) is 0 Å². The lowest BCUT2D eigenvalue weighted by atomic mass is 9.98. The molecular formula is C17H24N4O2S. The van der Waals surface area contributed by atoms with E-state index in [4.69, 9.17) is 0 Å². The highest BCUT2D eigenvalue weighted by Crippen LogP contribution is 2.24. The Hall–Kier alpha value is -1.70. The van der Waals surface area contributed by atoms with E-state index in [9.17, 15) is 8.42 Å². The number of aromatic nitrogens is 2. The number of benzene rings is 1. The van der Waals surface area contributed by atoms with Gasteiger partial charge in [0.05, 0.1) is 0 Å². The lowest BCUT2D eigenvalue weighted by molar-refractivity contribution is 0.245. The molecule has 0 saturated carbocycles. The highest BCUT2D eigenvalue weighted by molar-refractivity contribution is 7.86. The molecular weight excluding hydrogens is 324 g/mol. The fourth-order valence-electron chi connectivity index (χ4n) is 3.14. The molecule has 1 aliphatic heterocycles. The van der Waals surface area contributed by atoms with Crippen molar-refractivity contribution >= 4 is 10.2 Å². The van der Waals surface area contributed by atoms with Crippen molar-refractivity contribution in [3.8, 4) is 11.4 Å². The van der Waals surface area contributed by atoms with Crippen LogP contribution in [0.2, 0.25) is 0 Å². The molecule has 130 valence electrons. The van der Waals surface area contributed by atoms with Gasteiger partial charge in [-0.15, -0.1) is 0 Å². The van der Waals surface area contributed by atoms with Crippen molar-refractivity contribution in [1.29, 1.82) is 0 Å². The van der Waals surface area contributed by atoms with E-state index in [0.717, 1.165) is 30.8 Å². The number of hydrogen-bond donors (Lipinski definition) is 0. The van der Waals surface area contributed by atoms with Gasteiger partial charge in [0.1, 0.15) is 5.82 Å². The van der Waals surface area contributed by atoms with Gasteiger partial charge in [-0.05, 0) is 18.8 Å². The number of piperidine rings is 1. The first kappa shape index (κ1) is 17.1. The lowest BCUT2D eigenvalue weighted by Gasteiger charge is -2.33. The topological polar surface area (TPSA) is 58.4 Å². The van der Waals surface area contributed by atoms with Crippen LogP contribution < -0.4 is 0 Å². The molecule has 0 bridgehead atoms. The smallest absolute Gasteiger partial charge is 0.281 e. The van der Waals surface area contributed by atoms with Gasteiger partial charge in [0.15, 0.2) is 0 Å². The quantitative estimate of drug-likeness (QED) is 0.831. The first-order valence-electron chi connectivity index (χ1n) is 8.22. The summed E-state index contributed by atoms with van der Waals surface area (Å²) < 4.78 is 29.4. The maximum atomic E-state index is 12.2. The van der Waals surface area contributed by atoms with Gasteiger partial charge in [-0.25, -0.2) is 4.98 Å². The molecule has 0 amide bonds. The average Bonchev–Trinajstić information content (AvgIpc) is 3.04. The number of imidazole rings is 1. The van der Waals surface area contributed by atoms with Crippen molar-refractivity contribution in [2.24, 2.45) is 5.92 Å². The zero-order valence-electron chi connectivity index (χ0n) is 14.2. The minimum atomic E-state index is -3.29. The summed E-state index contributed by atoms with van der Waals surface area (Å²) in [6.07, 6.45) is 5.58. The zero-order chi connectivity index (χ0) is 17.2. The van der Waals surface area contributed by atoms with E-state index in [0.29, 0.717) is 19.0 Å². The van der Waals surface area contributed by atoms with Gasteiger partial charge in [0.25, 0.3) is 10.2 Å². The maximum Gasteiger partial charge on any atom is 0.281 e. The SMILES string of the molecule is CN(C)S(=O)(=O)N1CCC(Cn2ccnc2-c2ccccc2)CC1. The van der Waals surface area contributed by atoms with Crippen molar-refractivity contribution in [2.45, 2.75) is 19.4 Å². The van der Waals surface area contributed by atoms with Gasteiger partial charge >= 0.3 is 0 Å². The van der Waals surface area contributed by atoms with Gasteiger partial charge in [-0.3, -0.25) is 0 Å². The fourth-order valence-corrected chi connectivity index (χ4v) is 4.27. The summed E-state index contributed by atoms with van der Waals surface area (Å²) in [6.45, 7) is 2.04. The largest absolute Gasteiger partial charge is 0.331 e. The van der Waals surface area contributed by atoms with Gasteiger partial charge in [0.2, 0.25) is 0 Å². The third kappa shape index (κ3) is 3.53. The van der Waals surface area contributed by atoms with Crippen LogP contribution in [-0.4, -0.2) is 53.8 Å². The summed E-state index contributed by atoms with van der Waals surface area (Å²) in [5.41, 5.74) is 1.11. The number of hydrogen-bond acceptors (Lipinski definition) is 3. The van der Waals surface area contributed by atoms with Crippen molar-refractivity contribution in [3.05, 3.63) is 42.7 Å². The second-order valence-electron chi connectivity index (χ2n) is 6.40. The fraction of sp³-hybridized carbons (Fsp3) is 0.471. The molecule has 0 atom stereocenters. The second kappa shape index (κ2) is 7.04. The van der Waals surface area contributed by atoms with E-state index >= 15 is 0 Å². The molecule has 1 saturated heterocycles. The van der Waals surface area contributed by atoms with Crippen LogP contribution >= 0.6 is 0 Å². The standard InChI is InChI=1S/C17H24N4O2S/c1-19(2)24(22,23)21-11-8-15(9-12-21)14-20-13-10-18-17(20)16-6-4-3-5-7-16/h3-7,10,13,15H,8-9,11-12,14H2,1-2H3. The van der Waals surface area contributed by atoms with Crippen LogP contribution in [0.25, 0.3) is 11.4 Å². The van der Waals surface area contributed by atoms with Crippen LogP contribution in [-0.2, 0) is 16.8 Å². The van der Waals surface area contributed by atoms with Crippen LogP contribution in [0, 0.1) is 5.92 Å². The van der Waals surface area contributed by atoms with E-state index in [2.05, 4.69) is 21.7 Å². The second-order valence-corrected chi connectivity index (χ2v) is 8.54. The summed E-state index contributed by atoms with van der Waals surface area (Å²) in [7, 11) is -0.124. The van der Waals surface area contributed by atoms with Crippen molar-refractivity contribution in [1.82, 2.24) is 18.2 Å². The first-order valence-corrected chi connectivity index (χ1v) is 9.62. The van der Waals surface area contributed by atoms with Crippen LogP contribution in [0.15, 0.2) is 42.7 Å². The minimum Gasteiger partial charge on any atom is -0.331 e. The van der Waals surface area contributed by atoms with Crippen molar-refractivity contribution < 1.29 is 8.42 Å². The van der Waals surface area contributed by atoms with E-state index < -0.39 is 10.2 Å². The summed E-state index contributed by atoms with van der Waals surface area (Å²) in [5.74, 6) is 1.44. The molecule has 2 aromatic rings. The Bertz CT molecular complexity index is 763. The Morgan fingerprint density at radius 1 is 1.17 bits per heavy atom. The molecule has 24 heavy (non-hydrogen) atoms. The Balaban J connectivity index is 1.65. The molecule has 1 aromatic heterocycles. The zero-order valence-corrected chi connectivity index (χ0v) is 15.0. The molecule has 0 unspecified atom stereocenters. The molecule has 6 nitrogen and oxygen atoms in total. The van der Waals surface area contributed by atoms with Gasteiger partial charge in [-0.1, -0.05) is 30.3 Å². The summed E-state index contributed by atoms with van der Waals surface area (Å²) in [4.78, 5) is 4.48. The minimum absolute atomic E-state index is 0.468. The molecule has 1 aliphatic rings. The highest BCUT2D eigenvalue weighted by atomic mass is 32.2. The van der Waals surface area contributed by atoms with Gasteiger partial charge < -0.3 is 4.57 Å². The van der Waals surface area contributed by atoms with Crippen molar-refractivity contribution in [3.63, 3.8) is 0 Å². The Morgan fingerprint density at radius 2 is 1.83 bits per heavy atom. The molecule has 1 aromatic carbocycles. The molecule has 0 aliphatic carbocycles. The van der Waals surface area contributed by atoms with E-state index in [1.807, 2.05) is 30.6 Å². The van der Waals surface area contributed by atoms with Crippen LogP contribution in [0.1, 0.15) is 12.8 Å². The summed E-state index contributed by atoms with van der Waals surface area (Å²) >= 11 is 0. The van der Waals surface area contributed by atoms with Crippen molar-refractivity contribution in [2.75, 3.05) is 27.2 Å². The third-order valence-corrected chi connectivity index (χ3v) is 6.50. The molecule has 0 spiro atoms. The summed E-state index contributed by atoms with van der Waals surface area (Å²) in [6, 6.07) is 10.1. The molecule has 1 fully saturated rings. The molecule has 0 radical (unpaired) electrons. The van der Waals surface area contributed by atoms with Gasteiger partial charge in [-0.2, -0.15) is 17.0 Å². The predicted octanol–water partition coefficient (Wildman–Crippen LogP) is 2.07. The van der Waals surface area contributed by atoms with Crippen LogP contribution in [0.3, 0.4) is 0 Å². The van der Waals surface area contributed by atoms with Gasteiger partial charge in [0, 0.05) is 51.7 Å². The monoisotopic (exact) mass is 348 g/mol. The molecule has 0 N–H and O–H groups in total.